The molecule has 154 valence electrons. The number of hydrogen-bond acceptors (Lipinski definition) is 2. The number of aryl methyl sites for hydroxylation is 1. The molecule has 3 heterocycles. The van der Waals surface area contributed by atoms with Gasteiger partial charge in [-0.25, -0.2) is 0 Å². The lowest BCUT2D eigenvalue weighted by Crippen LogP contribution is -2.37. The molecular formula is C24H31N3O2. The number of benzene rings is 1. The maximum atomic E-state index is 13.1. The smallest absolute Gasteiger partial charge is 0.270 e. The van der Waals surface area contributed by atoms with Gasteiger partial charge >= 0.3 is 0 Å². The number of carbonyl (C=O) groups is 2. The van der Waals surface area contributed by atoms with Crippen molar-refractivity contribution in [3.8, 4) is 0 Å². The number of carbonyl (C=O) groups excluding carboxylic acids is 2. The second kappa shape index (κ2) is 8.05. The predicted octanol–water partition coefficient (Wildman–Crippen LogP) is 4.03. The lowest BCUT2D eigenvalue weighted by atomic mass is 9.87. The number of fused-ring (bicyclic) bond motifs is 1. The molecule has 1 N–H and O–H groups in total. The zero-order valence-electron chi connectivity index (χ0n) is 17.6. The molecule has 2 aliphatic rings. The standard InChI is InChI=1S/C24H31N3O2/c1-16(2)10-11-22(28)27-14-18-13-26(24(29)21-9-6-12-25-21)15-20(18)23(27)19-8-5-4-7-17(19)3/h4-9,12,16,18,20,23,25H,10-11,13-15H2,1-3H3/t18-,20-,23+/m0/s1. The summed E-state index contributed by atoms with van der Waals surface area (Å²) in [6.45, 7) is 8.61. The molecule has 2 aliphatic heterocycles. The number of aromatic amines is 1. The molecule has 0 aliphatic carbocycles. The van der Waals surface area contributed by atoms with Crippen molar-refractivity contribution in [3.05, 3.63) is 59.4 Å². The van der Waals surface area contributed by atoms with E-state index in [1.807, 2.05) is 23.1 Å². The molecule has 0 radical (unpaired) electrons. The third kappa shape index (κ3) is 3.83. The van der Waals surface area contributed by atoms with E-state index in [1.54, 1.807) is 6.20 Å². The van der Waals surface area contributed by atoms with E-state index in [4.69, 9.17) is 0 Å². The number of nitrogens with zero attached hydrogens (tertiary/aromatic N) is 2. The second-order valence-corrected chi connectivity index (χ2v) is 9.00. The first-order valence-corrected chi connectivity index (χ1v) is 10.7. The van der Waals surface area contributed by atoms with Gasteiger partial charge in [0.25, 0.3) is 5.91 Å². The fourth-order valence-electron chi connectivity index (χ4n) is 4.97. The number of rotatable bonds is 5. The number of aromatic nitrogens is 1. The molecule has 0 spiro atoms. The predicted molar refractivity (Wildman–Crippen MR) is 113 cm³/mol. The minimum atomic E-state index is 0.0577. The molecule has 1 aromatic heterocycles. The van der Waals surface area contributed by atoms with Gasteiger partial charge in [-0.15, -0.1) is 0 Å². The third-order valence-electron chi connectivity index (χ3n) is 6.54. The summed E-state index contributed by atoms with van der Waals surface area (Å²) in [4.78, 5) is 33.1. The summed E-state index contributed by atoms with van der Waals surface area (Å²) in [5.74, 6) is 1.46. The Bertz CT molecular complexity index is 874. The van der Waals surface area contributed by atoms with Crippen LogP contribution in [0.4, 0.5) is 0 Å². The molecule has 0 unspecified atom stereocenters. The fourth-order valence-corrected chi connectivity index (χ4v) is 4.97. The largest absolute Gasteiger partial charge is 0.357 e. The minimum Gasteiger partial charge on any atom is -0.357 e. The number of H-pyrrole nitrogens is 1. The van der Waals surface area contributed by atoms with Gasteiger partial charge in [0, 0.05) is 44.1 Å². The van der Waals surface area contributed by atoms with Crippen LogP contribution in [0.1, 0.15) is 54.3 Å². The summed E-state index contributed by atoms with van der Waals surface area (Å²) in [5, 5.41) is 0. The molecule has 2 amide bonds. The molecule has 1 aromatic carbocycles. The lowest BCUT2D eigenvalue weighted by molar-refractivity contribution is -0.133. The Labute approximate surface area is 173 Å². The van der Waals surface area contributed by atoms with Gasteiger partial charge in [0.2, 0.25) is 5.91 Å². The van der Waals surface area contributed by atoms with Gasteiger partial charge in [-0.05, 0) is 42.5 Å². The van der Waals surface area contributed by atoms with E-state index in [0.29, 0.717) is 30.5 Å². The highest BCUT2D eigenvalue weighted by molar-refractivity contribution is 5.92. The monoisotopic (exact) mass is 393 g/mol. The van der Waals surface area contributed by atoms with Gasteiger partial charge in [-0.2, -0.15) is 0 Å². The van der Waals surface area contributed by atoms with Crippen molar-refractivity contribution in [3.63, 3.8) is 0 Å². The van der Waals surface area contributed by atoms with Crippen LogP contribution in [0, 0.1) is 24.7 Å². The van der Waals surface area contributed by atoms with Gasteiger partial charge in [0.15, 0.2) is 0 Å². The Balaban J connectivity index is 1.58. The fraction of sp³-hybridized carbons (Fsp3) is 0.500. The maximum absolute atomic E-state index is 13.1. The van der Waals surface area contributed by atoms with Crippen LogP contribution in [0.15, 0.2) is 42.6 Å². The highest BCUT2D eigenvalue weighted by Crippen LogP contribution is 2.46. The minimum absolute atomic E-state index is 0.0577. The molecule has 5 heteroatoms. The van der Waals surface area contributed by atoms with Gasteiger partial charge in [-0.1, -0.05) is 38.1 Å². The Morgan fingerprint density at radius 3 is 2.59 bits per heavy atom. The van der Waals surface area contributed by atoms with Crippen molar-refractivity contribution >= 4 is 11.8 Å². The Kier molecular flexibility index (Phi) is 5.48. The van der Waals surface area contributed by atoms with Crippen LogP contribution < -0.4 is 0 Å². The van der Waals surface area contributed by atoms with E-state index in [-0.39, 0.29) is 23.8 Å². The van der Waals surface area contributed by atoms with E-state index in [9.17, 15) is 9.59 Å². The van der Waals surface area contributed by atoms with Gasteiger partial charge < -0.3 is 14.8 Å². The van der Waals surface area contributed by atoms with Crippen molar-refractivity contribution in [1.82, 2.24) is 14.8 Å². The van der Waals surface area contributed by atoms with Crippen LogP contribution in [-0.4, -0.2) is 46.2 Å². The number of amides is 2. The first kappa shape index (κ1) is 19.7. The first-order valence-electron chi connectivity index (χ1n) is 10.7. The molecule has 29 heavy (non-hydrogen) atoms. The van der Waals surface area contributed by atoms with Crippen molar-refractivity contribution < 1.29 is 9.59 Å². The summed E-state index contributed by atoms with van der Waals surface area (Å²) >= 11 is 0. The Morgan fingerprint density at radius 2 is 1.90 bits per heavy atom. The highest BCUT2D eigenvalue weighted by atomic mass is 16.2. The summed E-state index contributed by atoms with van der Waals surface area (Å²) in [7, 11) is 0. The topological polar surface area (TPSA) is 56.4 Å². The second-order valence-electron chi connectivity index (χ2n) is 9.00. The summed E-state index contributed by atoms with van der Waals surface area (Å²) in [5.41, 5.74) is 3.09. The SMILES string of the molecule is Cc1ccccc1[C@@H]1[C@H]2CN(C(=O)c3ccc[nH]3)C[C@H]2CN1C(=O)CCC(C)C. The van der Waals surface area contributed by atoms with Crippen molar-refractivity contribution in [2.24, 2.45) is 17.8 Å². The molecule has 5 nitrogen and oxygen atoms in total. The first-order chi connectivity index (χ1) is 14.0. The van der Waals surface area contributed by atoms with Crippen LogP contribution in [0.3, 0.4) is 0 Å². The molecular weight excluding hydrogens is 362 g/mol. The van der Waals surface area contributed by atoms with Gasteiger partial charge in [0.1, 0.15) is 5.69 Å². The molecule has 2 fully saturated rings. The lowest BCUT2D eigenvalue weighted by Gasteiger charge is -2.31. The van der Waals surface area contributed by atoms with Crippen molar-refractivity contribution in [1.29, 1.82) is 0 Å². The summed E-state index contributed by atoms with van der Waals surface area (Å²) in [6, 6.07) is 12.1. The molecule has 2 saturated heterocycles. The Hall–Kier alpha value is -2.56. The van der Waals surface area contributed by atoms with Crippen LogP contribution in [0.2, 0.25) is 0 Å². The van der Waals surface area contributed by atoms with E-state index >= 15 is 0 Å². The van der Waals surface area contributed by atoms with Gasteiger partial charge in [-0.3, -0.25) is 9.59 Å². The number of hydrogen-bond donors (Lipinski definition) is 1. The number of likely N-dealkylation sites (tertiary alicyclic amines) is 2. The quantitative estimate of drug-likeness (QED) is 0.834. The normalized spacial score (nSPS) is 23.7. The van der Waals surface area contributed by atoms with Crippen molar-refractivity contribution in [2.75, 3.05) is 19.6 Å². The zero-order valence-corrected chi connectivity index (χ0v) is 17.6. The van der Waals surface area contributed by atoms with E-state index < -0.39 is 0 Å². The molecule has 3 atom stereocenters. The van der Waals surface area contributed by atoms with Crippen LogP contribution in [0.25, 0.3) is 0 Å². The van der Waals surface area contributed by atoms with Gasteiger partial charge in [0.05, 0.1) is 6.04 Å². The number of nitrogens with one attached hydrogen (secondary N) is 1. The Morgan fingerprint density at radius 1 is 1.10 bits per heavy atom. The van der Waals surface area contributed by atoms with Crippen LogP contribution in [-0.2, 0) is 4.79 Å². The van der Waals surface area contributed by atoms with Crippen molar-refractivity contribution in [2.45, 2.75) is 39.7 Å². The zero-order chi connectivity index (χ0) is 20.5. The summed E-state index contributed by atoms with van der Waals surface area (Å²) < 4.78 is 0. The van der Waals surface area contributed by atoms with E-state index in [2.05, 4.69) is 48.9 Å². The average molecular weight is 394 g/mol. The molecule has 0 bridgehead atoms. The average Bonchev–Trinajstić information content (AvgIpc) is 3.42. The molecule has 2 aromatic rings. The summed E-state index contributed by atoms with van der Waals surface area (Å²) in [6.07, 6.45) is 3.31. The van der Waals surface area contributed by atoms with E-state index in [0.717, 1.165) is 19.5 Å². The molecule has 4 rings (SSSR count). The third-order valence-corrected chi connectivity index (χ3v) is 6.54. The van der Waals surface area contributed by atoms with Crippen LogP contribution >= 0.6 is 0 Å². The maximum Gasteiger partial charge on any atom is 0.270 e. The molecule has 0 saturated carbocycles. The highest BCUT2D eigenvalue weighted by Gasteiger charge is 2.50. The van der Waals surface area contributed by atoms with Crippen LogP contribution in [0.5, 0.6) is 0 Å². The van der Waals surface area contributed by atoms with E-state index in [1.165, 1.54) is 11.1 Å².